The second-order valence-corrected chi connectivity index (χ2v) is 11.2. The molecule has 0 amide bonds. The molecular weight excluding hydrogens is 548 g/mol. The van der Waals surface area contributed by atoms with E-state index in [1.165, 1.54) is 51.4 Å². The van der Waals surface area contributed by atoms with Crippen LogP contribution < -0.4 is 0 Å². The van der Waals surface area contributed by atoms with E-state index in [1.807, 2.05) is 12.2 Å². The number of rotatable bonds is 30. The van der Waals surface area contributed by atoms with E-state index in [4.69, 9.17) is 9.47 Å². The van der Waals surface area contributed by atoms with Gasteiger partial charge in [-0.05, 0) is 51.4 Å². The number of aliphatic hydroxyl groups is 1. The molecule has 0 aliphatic heterocycles. The minimum absolute atomic E-state index is 0.0982. The van der Waals surface area contributed by atoms with Crippen molar-refractivity contribution in [3.05, 3.63) is 72.9 Å². The van der Waals surface area contributed by atoms with Crippen LogP contribution in [0.2, 0.25) is 0 Å². The fourth-order valence-corrected chi connectivity index (χ4v) is 4.40. The lowest BCUT2D eigenvalue weighted by molar-refractivity contribution is -0.161. The zero-order chi connectivity index (χ0) is 32.2. The van der Waals surface area contributed by atoms with Gasteiger partial charge in [0.25, 0.3) is 0 Å². The van der Waals surface area contributed by atoms with E-state index < -0.39 is 12.1 Å². The lowest BCUT2D eigenvalue weighted by atomic mass is 10.1. The summed E-state index contributed by atoms with van der Waals surface area (Å²) in [6, 6.07) is 0. The van der Waals surface area contributed by atoms with Crippen molar-refractivity contribution in [2.75, 3.05) is 13.2 Å². The Balaban J connectivity index is 3.76. The average Bonchev–Trinajstić information content (AvgIpc) is 3.02. The van der Waals surface area contributed by atoms with Crippen LogP contribution in [0.5, 0.6) is 0 Å². The van der Waals surface area contributed by atoms with Crippen molar-refractivity contribution in [3.8, 4) is 0 Å². The highest BCUT2D eigenvalue weighted by Gasteiger charge is 2.15. The van der Waals surface area contributed by atoms with Gasteiger partial charge < -0.3 is 14.6 Å². The number of unbranched alkanes of at least 4 members (excludes halogenated alkanes) is 10. The van der Waals surface area contributed by atoms with Crippen LogP contribution in [0.4, 0.5) is 0 Å². The van der Waals surface area contributed by atoms with Gasteiger partial charge in [-0.3, -0.25) is 9.59 Å². The van der Waals surface area contributed by atoms with Gasteiger partial charge in [-0.1, -0.05) is 151 Å². The Hall–Kier alpha value is -2.66. The molecule has 0 bridgehead atoms. The smallest absolute Gasteiger partial charge is 0.306 e. The van der Waals surface area contributed by atoms with E-state index in [0.29, 0.717) is 12.8 Å². The van der Waals surface area contributed by atoms with Crippen molar-refractivity contribution in [2.24, 2.45) is 0 Å². The third kappa shape index (κ3) is 32.3. The Morgan fingerprint density at radius 3 is 1.43 bits per heavy atom. The Morgan fingerprint density at radius 1 is 0.545 bits per heavy atom. The zero-order valence-corrected chi connectivity index (χ0v) is 28.1. The Labute approximate surface area is 270 Å². The van der Waals surface area contributed by atoms with Gasteiger partial charge in [-0.2, -0.15) is 0 Å². The van der Waals surface area contributed by atoms with Gasteiger partial charge >= 0.3 is 11.9 Å². The number of allylic oxidation sites excluding steroid dienone is 12. The first kappa shape index (κ1) is 41.3. The maximum Gasteiger partial charge on any atom is 0.306 e. The summed E-state index contributed by atoms with van der Waals surface area (Å²) < 4.78 is 10.5. The standard InChI is InChI=1S/C39H64O5/c1-3-5-7-9-11-13-15-16-17-18-19-20-21-22-24-26-28-30-32-34-39(42)44-37(35-40)36-43-38(41)33-31-29-27-25-23-14-12-10-8-6-4-2/h5,7,11,13,16-17,19-20,22,24,28,30,37,40H,3-4,6,8-10,12,14-15,18,21,23,25-27,29,31-36H2,1-2H3/b7-5-,13-11-,17-16-,20-19-,24-22-,30-28-. The van der Waals surface area contributed by atoms with Crippen molar-refractivity contribution in [2.45, 2.75) is 148 Å². The quantitative estimate of drug-likeness (QED) is 0.0496. The molecule has 0 aliphatic rings. The van der Waals surface area contributed by atoms with Crippen LogP contribution in [0.15, 0.2) is 72.9 Å². The molecule has 0 rings (SSSR count). The minimum Gasteiger partial charge on any atom is -0.462 e. The van der Waals surface area contributed by atoms with Crippen molar-refractivity contribution >= 4 is 11.9 Å². The van der Waals surface area contributed by atoms with E-state index in [-0.39, 0.29) is 25.6 Å². The first-order valence-electron chi connectivity index (χ1n) is 17.5. The molecule has 250 valence electrons. The van der Waals surface area contributed by atoms with Crippen LogP contribution in [-0.2, 0) is 19.1 Å². The summed E-state index contributed by atoms with van der Waals surface area (Å²) in [4.78, 5) is 24.1. The fourth-order valence-electron chi connectivity index (χ4n) is 4.40. The van der Waals surface area contributed by atoms with Crippen LogP contribution in [0, 0.1) is 0 Å². The number of hydrogen-bond donors (Lipinski definition) is 1. The Bertz CT molecular complexity index is 833. The third-order valence-electron chi connectivity index (χ3n) is 7.03. The highest BCUT2D eigenvalue weighted by Crippen LogP contribution is 2.12. The molecule has 0 saturated carbocycles. The van der Waals surface area contributed by atoms with Crippen molar-refractivity contribution in [1.29, 1.82) is 0 Å². The van der Waals surface area contributed by atoms with Crippen LogP contribution in [-0.4, -0.2) is 36.4 Å². The van der Waals surface area contributed by atoms with Gasteiger partial charge in [0.15, 0.2) is 6.10 Å². The molecule has 0 heterocycles. The zero-order valence-electron chi connectivity index (χ0n) is 28.1. The second kappa shape index (κ2) is 34.8. The number of carbonyl (C=O) groups excluding carboxylic acids is 2. The highest BCUT2D eigenvalue weighted by atomic mass is 16.6. The van der Waals surface area contributed by atoms with Crippen LogP contribution in [0.3, 0.4) is 0 Å². The average molecular weight is 613 g/mol. The molecular formula is C39H64O5. The second-order valence-electron chi connectivity index (χ2n) is 11.2. The molecule has 0 aromatic carbocycles. The molecule has 1 unspecified atom stereocenters. The van der Waals surface area contributed by atoms with Gasteiger partial charge in [0.05, 0.1) is 6.61 Å². The Kier molecular flexibility index (Phi) is 32.7. The molecule has 1 N–H and O–H groups in total. The number of esters is 2. The fraction of sp³-hybridized carbons (Fsp3) is 0.641. The molecule has 0 radical (unpaired) electrons. The number of carbonyl (C=O) groups is 2. The lowest BCUT2D eigenvalue weighted by Crippen LogP contribution is -2.28. The highest BCUT2D eigenvalue weighted by molar-refractivity contribution is 5.70. The van der Waals surface area contributed by atoms with Gasteiger partial charge in [-0.15, -0.1) is 0 Å². The molecule has 0 aromatic heterocycles. The first-order chi connectivity index (χ1) is 21.6. The number of aliphatic hydroxyl groups excluding tert-OH is 1. The van der Waals surface area contributed by atoms with E-state index >= 15 is 0 Å². The molecule has 0 fully saturated rings. The molecule has 0 aromatic rings. The third-order valence-corrected chi connectivity index (χ3v) is 7.03. The van der Waals surface area contributed by atoms with Crippen LogP contribution in [0.25, 0.3) is 0 Å². The molecule has 5 nitrogen and oxygen atoms in total. The summed E-state index contributed by atoms with van der Waals surface area (Å²) in [6.45, 7) is 3.93. The van der Waals surface area contributed by atoms with E-state index in [9.17, 15) is 14.7 Å². The topological polar surface area (TPSA) is 72.8 Å². The molecule has 0 aliphatic carbocycles. The molecule has 5 heteroatoms. The van der Waals surface area contributed by atoms with Gasteiger partial charge in [0, 0.05) is 12.8 Å². The molecule has 0 saturated heterocycles. The van der Waals surface area contributed by atoms with Gasteiger partial charge in [0.1, 0.15) is 6.61 Å². The summed E-state index contributed by atoms with van der Waals surface area (Å²) in [6.07, 6.45) is 45.4. The number of hydrogen-bond acceptors (Lipinski definition) is 5. The summed E-state index contributed by atoms with van der Waals surface area (Å²) in [5.74, 6) is -0.696. The first-order valence-corrected chi connectivity index (χ1v) is 17.5. The summed E-state index contributed by atoms with van der Waals surface area (Å²) >= 11 is 0. The van der Waals surface area contributed by atoms with Crippen molar-refractivity contribution in [1.82, 2.24) is 0 Å². The minimum atomic E-state index is -0.811. The summed E-state index contributed by atoms with van der Waals surface area (Å²) in [5.41, 5.74) is 0. The van der Waals surface area contributed by atoms with Gasteiger partial charge in [-0.25, -0.2) is 0 Å². The molecule has 1 atom stereocenters. The maximum atomic E-state index is 12.1. The Morgan fingerprint density at radius 2 is 0.977 bits per heavy atom. The summed E-state index contributed by atoms with van der Waals surface area (Å²) in [7, 11) is 0. The monoisotopic (exact) mass is 612 g/mol. The van der Waals surface area contributed by atoms with Crippen molar-refractivity contribution in [3.63, 3.8) is 0 Å². The predicted octanol–water partition coefficient (Wildman–Crippen LogP) is 10.6. The normalized spacial score (nSPS) is 13.1. The lowest BCUT2D eigenvalue weighted by Gasteiger charge is -2.15. The van der Waals surface area contributed by atoms with Crippen molar-refractivity contribution < 1.29 is 24.2 Å². The van der Waals surface area contributed by atoms with E-state index in [1.54, 1.807) is 0 Å². The predicted molar refractivity (Wildman–Crippen MR) is 186 cm³/mol. The number of ether oxygens (including phenoxy) is 2. The van der Waals surface area contributed by atoms with E-state index in [0.717, 1.165) is 57.8 Å². The molecule has 0 spiro atoms. The summed E-state index contributed by atoms with van der Waals surface area (Å²) in [5, 5.41) is 9.50. The molecule has 44 heavy (non-hydrogen) atoms. The largest absolute Gasteiger partial charge is 0.462 e. The van der Waals surface area contributed by atoms with E-state index in [2.05, 4.69) is 74.6 Å². The van der Waals surface area contributed by atoms with Crippen LogP contribution in [0.1, 0.15) is 142 Å². The SMILES string of the molecule is CC/C=C\C/C=C\C/C=C\C/C=C\C/C=C\C/C=C\CCC(=O)OC(CO)COC(=O)CCCCCCCCCCCCC. The van der Waals surface area contributed by atoms with Gasteiger partial charge in [0.2, 0.25) is 0 Å². The maximum absolute atomic E-state index is 12.1. The van der Waals surface area contributed by atoms with Crippen LogP contribution >= 0.6 is 0 Å².